The number of hydrogen-bond donors (Lipinski definition) is 3. The van der Waals surface area contributed by atoms with Crippen molar-refractivity contribution in [3.05, 3.63) is 55.1 Å². The predicted octanol–water partition coefficient (Wildman–Crippen LogP) is 7.49. The molecule has 4 bridgehead atoms. The number of rotatable bonds is 9. The number of benzene rings is 1. The van der Waals surface area contributed by atoms with Gasteiger partial charge in [0, 0.05) is 46.3 Å². The number of aryl methyl sites for hydroxylation is 1. The van der Waals surface area contributed by atoms with E-state index in [4.69, 9.17) is 13.7 Å². The van der Waals surface area contributed by atoms with Crippen molar-refractivity contribution in [3.8, 4) is 0 Å². The molecule has 7 rings (SSSR count). The van der Waals surface area contributed by atoms with Gasteiger partial charge in [-0.05, 0) is 105 Å². The molecule has 0 saturated heterocycles. The number of ether oxygens (including phenoxy) is 2. The fraction of sp³-hybridized carbons (Fsp3) is 0.725. The van der Waals surface area contributed by atoms with E-state index in [-0.39, 0.29) is 69.2 Å². The van der Waals surface area contributed by atoms with Crippen molar-refractivity contribution in [2.45, 2.75) is 156 Å². The molecule has 0 radical (unpaired) electrons. The van der Waals surface area contributed by atoms with Crippen molar-refractivity contribution >= 4 is 33.6 Å². The quantitative estimate of drug-likeness (QED) is 0.126. The van der Waals surface area contributed by atoms with Crippen LogP contribution in [-0.2, 0) is 43.0 Å². The molecule has 0 amide bonds. The first kappa shape index (κ1) is 50.2. The third-order valence-electron chi connectivity index (χ3n) is 18.9. The minimum absolute atomic E-state index is 0.0394. The Labute approximate surface area is 381 Å². The normalized spacial score (nSPS) is 44.0. The summed E-state index contributed by atoms with van der Waals surface area (Å²) in [5.41, 5.74) is -2.34. The molecule has 6 fully saturated rings. The molecule has 16 atom stereocenters. The Hall–Kier alpha value is -3.23. The molecule has 12 nitrogen and oxygen atoms in total. The maximum absolute atomic E-state index is 13.4. The molecule has 1 aromatic carbocycles. The Morgan fingerprint density at radius 2 is 1.12 bits per heavy atom. The van der Waals surface area contributed by atoms with Crippen molar-refractivity contribution in [3.63, 3.8) is 0 Å². The topological polar surface area (TPSA) is 191 Å². The minimum atomic E-state index is -4.15. The van der Waals surface area contributed by atoms with E-state index in [1.807, 2.05) is 34.6 Å². The molecule has 64 heavy (non-hydrogen) atoms. The van der Waals surface area contributed by atoms with Crippen LogP contribution in [0.2, 0.25) is 0 Å². The van der Waals surface area contributed by atoms with Gasteiger partial charge >= 0.3 is 11.9 Å². The highest BCUT2D eigenvalue weighted by molar-refractivity contribution is 7.86. The summed E-state index contributed by atoms with van der Waals surface area (Å²) in [7, 11) is -4.15. The lowest BCUT2D eigenvalue weighted by Crippen LogP contribution is -2.63. The van der Waals surface area contributed by atoms with Crippen molar-refractivity contribution in [2.24, 2.45) is 68.0 Å². The number of Topliss-reactive ketones (excluding diaryl/α,β-unsaturated/α-hetero) is 2. The predicted molar refractivity (Wildman–Crippen MR) is 241 cm³/mol. The van der Waals surface area contributed by atoms with Crippen molar-refractivity contribution in [1.29, 1.82) is 0 Å². The summed E-state index contributed by atoms with van der Waals surface area (Å²) in [5.74, 6) is -1.57. The molecular weight excluding hydrogens is 837 g/mol. The van der Waals surface area contributed by atoms with Gasteiger partial charge in [0.2, 0.25) is 0 Å². The molecule has 6 aliphatic rings. The minimum Gasteiger partial charge on any atom is -0.460 e. The fourth-order valence-electron chi connectivity index (χ4n) is 14.3. The number of carbonyl (C=O) groups excluding carboxylic acids is 4. The third-order valence-corrected chi connectivity index (χ3v) is 20.2. The lowest BCUT2D eigenvalue weighted by atomic mass is 9.44. The molecule has 0 heterocycles. The van der Waals surface area contributed by atoms with E-state index in [2.05, 4.69) is 40.9 Å². The second kappa shape index (κ2) is 17.8. The lowest BCUT2D eigenvalue weighted by Gasteiger charge is -2.61. The zero-order valence-corrected chi connectivity index (χ0v) is 40.4. The molecule has 0 spiro atoms. The van der Waals surface area contributed by atoms with Gasteiger partial charge in [0.15, 0.2) is 6.61 Å². The van der Waals surface area contributed by atoms with E-state index < -0.39 is 81.3 Å². The zero-order valence-electron chi connectivity index (χ0n) is 39.6. The Morgan fingerprint density at radius 3 is 1.52 bits per heavy atom. The van der Waals surface area contributed by atoms with Gasteiger partial charge in [0.1, 0.15) is 30.4 Å². The van der Waals surface area contributed by atoms with Gasteiger partial charge in [-0.3, -0.25) is 13.8 Å². The first-order valence-corrected chi connectivity index (χ1v) is 24.8. The fourth-order valence-corrected chi connectivity index (χ4v) is 15.1. The molecule has 3 N–H and O–H groups in total. The molecule has 356 valence electrons. The van der Waals surface area contributed by atoms with E-state index in [9.17, 15) is 42.9 Å². The Bertz CT molecular complexity index is 2100. The summed E-state index contributed by atoms with van der Waals surface area (Å²) in [6, 6.07) is 6.17. The average molecular weight is 911 g/mol. The monoisotopic (exact) mass is 910 g/mol. The smallest absolute Gasteiger partial charge is 0.333 e. The first-order valence-electron chi connectivity index (χ1n) is 23.4. The summed E-state index contributed by atoms with van der Waals surface area (Å²) in [6.45, 7) is 24.7. The highest BCUT2D eigenvalue weighted by Crippen LogP contribution is 2.69. The molecule has 0 aromatic heterocycles. The summed E-state index contributed by atoms with van der Waals surface area (Å²) >= 11 is 0. The van der Waals surface area contributed by atoms with Crippen LogP contribution in [-0.4, -0.2) is 84.9 Å². The summed E-state index contributed by atoms with van der Waals surface area (Å²) < 4.78 is 42.1. The highest BCUT2D eigenvalue weighted by Gasteiger charge is 2.70. The summed E-state index contributed by atoms with van der Waals surface area (Å²) in [4.78, 5) is 51.7. The summed E-state index contributed by atoms with van der Waals surface area (Å²) in [5, 5.41) is 32.2. The van der Waals surface area contributed by atoms with E-state index in [0.717, 1.165) is 37.7 Å². The molecular formula is C51H74O12S. The standard InChI is InChI=1S/C29H40O7S.C22H34O5/c1-7-27(5)16-23(36-24(31)17-35-37(33,34)21-10-8-18(2)9-11-21)28(6)19(3)12-14-29(20(4)26(27)32)15-13-22(30)25(28)29;1-6-20(4)11-16(27-17(25)12-23)21(5)13(2)7-9-22(14(3)19(20)26)10-8-15(24)18(21)22/h7-11,19-20,23,25-26,32H,1,12-17H2,2-6H3;6,13-14,16,18-19,23,26H,1,7-12H2,2-5H3/t19?,20-,23+,25-,26-,27-,28-,29-;13?,14-,16+,18-,19-,20-,21-,22-/m00/s1. The van der Waals surface area contributed by atoms with Crippen LogP contribution in [0.1, 0.15) is 125 Å². The van der Waals surface area contributed by atoms with E-state index in [1.165, 1.54) is 12.1 Å². The van der Waals surface area contributed by atoms with Gasteiger partial charge < -0.3 is 24.8 Å². The number of hydrogen-bond acceptors (Lipinski definition) is 12. The van der Waals surface area contributed by atoms with Crippen LogP contribution in [0.25, 0.3) is 0 Å². The molecule has 13 heteroatoms. The van der Waals surface area contributed by atoms with Gasteiger partial charge in [-0.1, -0.05) is 85.2 Å². The Balaban J connectivity index is 0.000000223. The number of aliphatic hydroxyl groups is 3. The van der Waals surface area contributed by atoms with Crippen LogP contribution in [0.3, 0.4) is 0 Å². The lowest BCUT2D eigenvalue weighted by molar-refractivity contribution is -0.207. The summed E-state index contributed by atoms with van der Waals surface area (Å²) in [6.07, 6.45) is 7.47. The zero-order chi connectivity index (χ0) is 47.6. The van der Waals surface area contributed by atoms with Gasteiger partial charge in [0.25, 0.3) is 10.1 Å². The highest BCUT2D eigenvalue weighted by atomic mass is 32.2. The van der Waals surface area contributed by atoms with E-state index >= 15 is 0 Å². The maximum atomic E-state index is 13.4. The molecule has 1 aromatic rings. The van der Waals surface area contributed by atoms with Crippen LogP contribution in [0.5, 0.6) is 0 Å². The molecule has 6 aliphatic carbocycles. The average Bonchev–Trinajstić information content (AvgIpc) is 3.81. The molecule has 6 saturated carbocycles. The van der Waals surface area contributed by atoms with E-state index in [1.54, 1.807) is 24.3 Å². The Kier molecular flexibility index (Phi) is 13.9. The SMILES string of the molecule is C=C[C@@]1(C)C[C@@H](OC(=O)CO)[C@]2(C)C(C)CC[C@]3(CCC(=O)[C@H]32)[C@@H](C)[C@@H]1O.C=C[C@@]1(C)C[C@@H](OC(=O)COS(=O)(=O)c2ccc(C)cc2)[C@]2(C)C(C)CC[C@]3(CCC(=O)[C@H]32)[C@@H](C)[C@@H]1O. The molecule has 2 unspecified atom stereocenters. The van der Waals surface area contributed by atoms with Gasteiger partial charge in [-0.15, -0.1) is 13.2 Å². The number of carbonyl (C=O) groups is 4. The van der Waals surface area contributed by atoms with Gasteiger partial charge in [0.05, 0.1) is 17.1 Å². The van der Waals surface area contributed by atoms with Gasteiger partial charge in [-0.2, -0.15) is 8.42 Å². The van der Waals surface area contributed by atoms with Crippen molar-refractivity contribution in [1.82, 2.24) is 0 Å². The van der Waals surface area contributed by atoms with Gasteiger partial charge in [-0.25, -0.2) is 9.59 Å². The van der Waals surface area contributed by atoms with Crippen LogP contribution in [0, 0.1) is 74.9 Å². The number of aliphatic hydroxyl groups excluding tert-OH is 3. The molecule has 0 aliphatic heterocycles. The first-order chi connectivity index (χ1) is 29.8. The third kappa shape index (κ3) is 7.98. The Morgan fingerprint density at radius 1 is 0.719 bits per heavy atom. The van der Waals surface area contributed by atoms with Crippen LogP contribution < -0.4 is 0 Å². The number of esters is 2. The maximum Gasteiger partial charge on any atom is 0.333 e. The van der Waals surface area contributed by atoms with Crippen LogP contribution in [0.15, 0.2) is 54.5 Å². The number of ketones is 2. The van der Waals surface area contributed by atoms with Crippen molar-refractivity contribution < 1.29 is 56.6 Å². The second-order valence-corrected chi connectivity index (χ2v) is 23.4. The van der Waals surface area contributed by atoms with E-state index in [0.29, 0.717) is 25.7 Å². The van der Waals surface area contributed by atoms with Crippen molar-refractivity contribution in [2.75, 3.05) is 13.2 Å². The second-order valence-electron chi connectivity index (χ2n) is 21.8. The van der Waals surface area contributed by atoms with Crippen LogP contribution in [0.4, 0.5) is 0 Å². The largest absolute Gasteiger partial charge is 0.460 e. The van der Waals surface area contributed by atoms with Crippen LogP contribution >= 0.6 is 0 Å².